The molecular weight excluding hydrogens is 197 g/mol. The molecule has 1 aromatic heterocycles. The van der Waals surface area contributed by atoms with E-state index in [1.807, 2.05) is 34.7 Å². The van der Waals surface area contributed by atoms with Crippen molar-refractivity contribution < 1.29 is 4.57 Å². The zero-order chi connectivity index (χ0) is 11.0. The fourth-order valence-electron chi connectivity index (χ4n) is 2.03. The van der Waals surface area contributed by atoms with Crippen molar-refractivity contribution in [1.29, 1.82) is 0 Å². The molecule has 2 heterocycles. The molecule has 1 aromatic carbocycles. The van der Waals surface area contributed by atoms with Gasteiger partial charge in [0.2, 0.25) is 0 Å². The van der Waals surface area contributed by atoms with Crippen LogP contribution in [0.4, 0.5) is 0 Å². The molecule has 1 aliphatic heterocycles. The predicted molar refractivity (Wildman–Crippen MR) is 63.8 cm³/mol. The zero-order valence-corrected chi connectivity index (χ0v) is 9.09. The molecule has 0 fully saturated rings. The number of rotatable bonds is 1. The Morgan fingerprint density at radius 3 is 3.06 bits per heavy atom. The molecule has 0 radical (unpaired) electrons. The number of imidazole rings is 1. The number of nitrogens with zero attached hydrogens (tertiary/aromatic N) is 2. The summed E-state index contributed by atoms with van der Waals surface area (Å²) in [7, 11) is 1.97. The van der Waals surface area contributed by atoms with E-state index in [9.17, 15) is 0 Å². The summed E-state index contributed by atoms with van der Waals surface area (Å²) in [6.45, 7) is 0.141. The summed E-state index contributed by atoms with van der Waals surface area (Å²) < 4.78 is 3.96. The summed E-state index contributed by atoms with van der Waals surface area (Å²) in [4.78, 5) is 0. The lowest BCUT2D eigenvalue weighted by molar-refractivity contribution is -0.674. The topological polar surface area (TPSA) is 20.8 Å². The molecule has 0 aliphatic carbocycles. The van der Waals surface area contributed by atoms with Gasteiger partial charge in [0.15, 0.2) is 6.33 Å². The van der Waals surface area contributed by atoms with Crippen LogP contribution in [0.3, 0.4) is 0 Å². The summed E-state index contributed by atoms with van der Waals surface area (Å²) in [6, 6.07) is 8.40. The normalized spacial score (nSPS) is 13.4. The van der Waals surface area contributed by atoms with E-state index in [1.165, 1.54) is 11.0 Å². The van der Waals surface area contributed by atoms with Crippen LogP contribution in [0, 0.1) is 6.33 Å². The molecule has 3 nitrogen and oxygen atoms in total. The molecule has 4 heteroatoms. The van der Waals surface area contributed by atoms with Crippen LogP contribution >= 0.6 is 0 Å². The first kappa shape index (κ1) is 9.27. The van der Waals surface area contributed by atoms with Gasteiger partial charge in [0.05, 0.1) is 7.05 Å². The average molecular weight is 209 g/mol. The van der Waals surface area contributed by atoms with Crippen molar-refractivity contribution in [2.24, 2.45) is 7.05 Å². The largest absolute Gasteiger partial charge is 0.509 e. The molecular formula is C12H12BN3. The van der Waals surface area contributed by atoms with E-state index in [0.717, 1.165) is 0 Å². The lowest BCUT2D eigenvalue weighted by Gasteiger charge is -2.18. The van der Waals surface area contributed by atoms with Gasteiger partial charge in [-0.05, 0) is 30.2 Å². The van der Waals surface area contributed by atoms with Gasteiger partial charge in [-0.3, -0.25) is 0 Å². The third-order valence-corrected chi connectivity index (χ3v) is 2.81. The highest BCUT2D eigenvalue weighted by Crippen LogP contribution is 2.05. The first-order valence-corrected chi connectivity index (χ1v) is 5.32. The van der Waals surface area contributed by atoms with E-state index in [1.54, 1.807) is 0 Å². The SMILES string of the molecule is C[n+]1[c-]n(B2NC=Cc3ccccc32)cc1. The van der Waals surface area contributed by atoms with Gasteiger partial charge in [-0.2, -0.15) is 0 Å². The Morgan fingerprint density at radius 2 is 2.25 bits per heavy atom. The lowest BCUT2D eigenvalue weighted by atomic mass is 9.64. The molecule has 0 saturated carbocycles. The van der Waals surface area contributed by atoms with Gasteiger partial charge in [0.25, 0.3) is 0 Å². The van der Waals surface area contributed by atoms with Crippen LogP contribution in [0.5, 0.6) is 0 Å². The Hall–Kier alpha value is -1.97. The monoisotopic (exact) mass is 209 g/mol. The van der Waals surface area contributed by atoms with Crippen molar-refractivity contribution >= 4 is 18.5 Å². The number of hydrogen-bond donors (Lipinski definition) is 1. The zero-order valence-electron chi connectivity index (χ0n) is 9.09. The Balaban J connectivity index is 2.08. The smallest absolute Gasteiger partial charge is 0.394 e. The minimum Gasteiger partial charge on any atom is -0.394 e. The van der Waals surface area contributed by atoms with Gasteiger partial charge in [0.1, 0.15) is 0 Å². The fraction of sp³-hybridized carbons (Fsp3) is 0.0833. The lowest BCUT2D eigenvalue weighted by Crippen LogP contribution is -2.51. The third-order valence-electron chi connectivity index (χ3n) is 2.81. The van der Waals surface area contributed by atoms with Crippen molar-refractivity contribution in [3.05, 3.63) is 54.7 Å². The highest BCUT2D eigenvalue weighted by Gasteiger charge is 2.27. The quantitative estimate of drug-likeness (QED) is 0.396. The van der Waals surface area contributed by atoms with Crippen LogP contribution in [0.1, 0.15) is 5.56 Å². The van der Waals surface area contributed by atoms with E-state index < -0.39 is 0 Å². The molecule has 0 amide bonds. The van der Waals surface area contributed by atoms with E-state index >= 15 is 0 Å². The molecule has 0 spiro atoms. The van der Waals surface area contributed by atoms with Gasteiger partial charge >= 0.3 is 6.98 Å². The van der Waals surface area contributed by atoms with Crippen molar-refractivity contribution in [1.82, 2.24) is 9.71 Å². The molecule has 16 heavy (non-hydrogen) atoms. The van der Waals surface area contributed by atoms with E-state index in [-0.39, 0.29) is 6.98 Å². The van der Waals surface area contributed by atoms with Crippen LogP contribution in [-0.4, -0.2) is 11.5 Å². The summed E-state index contributed by atoms with van der Waals surface area (Å²) >= 11 is 0. The Bertz CT molecular complexity index is 545. The molecule has 78 valence electrons. The Labute approximate surface area is 95.2 Å². The van der Waals surface area contributed by atoms with Gasteiger partial charge in [0, 0.05) is 5.46 Å². The minimum absolute atomic E-state index is 0.141. The summed E-state index contributed by atoms with van der Waals surface area (Å²) in [5, 5.41) is 3.34. The molecule has 0 saturated heterocycles. The Morgan fingerprint density at radius 1 is 1.38 bits per heavy atom. The van der Waals surface area contributed by atoms with E-state index in [0.29, 0.717) is 0 Å². The second kappa shape index (κ2) is 3.56. The van der Waals surface area contributed by atoms with Crippen LogP contribution in [-0.2, 0) is 7.05 Å². The number of nitrogens with one attached hydrogen (secondary N) is 1. The van der Waals surface area contributed by atoms with Crippen molar-refractivity contribution in [3.8, 4) is 0 Å². The van der Waals surface area contributed by atoms with Crippen LogP contribution in [0.2, 0.25) is 0 Å². The summed E-state index contributed by atoms with van der Waals surface area (Å²) in [5.41, 5.74) is 2.54. The van der Waals surface area contributed by atoms with Gasteiger partial charge in [-0.1, -0.05) is 24.3 Å². The second-order valence-corrected chi connectivity index (χ2v) is 3.95. The highest BCUT2D eigenvalue weighted by molar-refractivity contribution is 6.70. The molecule has 0 atom stereocenters. The summed E-state index contributed by atoms with van der Waals surface area (Å²) in [6.07, 6.45) is 11.3. The number of aryl methyl sites for hydroxylation is 1. The van der Waals surface area contributed by atoms with Crippen molar-refractivity contribution in [3.63, 3.8) is 0 Å². The first-order chi connectivity index (χ1) is 7.84. The maximum Gasteiger partial charge on any atom is 0.509 e. The van der Waals surface area contributed by atoms with Gasteiger partial charge < -0.3 is 14.3 Å². The average Bonchev–Trinajstić information content (AvgIpc) is 2.75. The number of benzene rings is 1. The van der Waals surface area contributed by atoms with E-state index in [4.69, 9.17) is 0 Å². The second-order valence-electron chi connectivity index (χ2n) is 3.95. The van der Waals surface area contributed by atoms with Crippen molar-refractivity contribution in [2.75, 3.05) is 0 Å². The summed E-state index contributed by atoms with van der Waals surface area (Å²) in [5.74, 6) is 0. The predicted octanol–water partition coefficient (Wildman–Crippen LogP) is -0.0698. The maximum atomic E-state index is 3.34. The van der Waals surface area contributed by atoms with Gasteiger partial charge in [-0.15, -0.1) is 0 Å². The first-order valence-electron chi connectivity index (χ1n) is 5.32. The minimum atomic E-state index is 0.141. The number of hydrogen-bond acceptors (Lipinski definition) is 1. The molecule has 1 aliphatic rings. The standard InChI is InChI=1S/C12H12BN3/c1-15-8-9-16(10-15)13-12-5-3-2-4-11(12)6-7-14-13/h2-9,14H,1H3. The molecule has 0 bridgehead atoms. The van der Waals surface area contributed by atoms with Crippen LogP contribution < -0.4 is 15.3 Å². The molecule has 0 unspecified atom stereocenters. The van der Waals surface area contributed by atoms with Crippen molar-refractivity contribution in [2.45, 2.75) is 0 Å². The van der Waals surface area contributed by atoms with E-state index in [2.05, 4.69) is 41.9 Å². The number of aromatic nitrogens is 2. The van der Waals surface area contributed by atoms with Crippen LogP contribution in [0.15, 0.2) is 42.9 Å². The van der Waals surface area contributed by atoms with Gasteiger partial charge in [-0.25, -0.2) is 0 Å². The van der Waals surface area contributed by atoms with Crippen LogP contribution in [0.25, 0.3) is 6.08 Å². The fourth-order valence-corrected chi connectivity index (χ4v) is 2.03. The highest BCUT2D eigenvalue weighted by atomic mass is 15.1. The molecule has 1 N–H and O–H groups in total. The third kappa shape index (κ3) is 1.43. The Kier molecular flexibility index (Phi) is 2.06. The molecule has 2 aromatic rings. The number of fused-ring (bicyclic) bond motifs is 1. The maximum absolute atomic E-state index is 3.34. The molecule has 3 rings (SSSR count).